The molecule has 2 aromatic rings. The van der Waals surface area contributed by atoms with Gasteiger partial charge in [-0.05, 0) is 90.5 Å². The van der Waals surface area contributed by atoms with Crippen LogP contribution in [0.15, 0.2) is 61.2 Å². The van der Waals surface area contributed by atoms with Crippen molar-refractivity contribution in [2.45, 2.75) is 117 Å². The average molecular weight is 636 g/mol. The van der Waals surface area contributed by atoms with Gasteiger partial charge in [0.05, 0.1) is 0 Å². The van der Waals surface area contributed by atoms with Crippen LogP contribution in [0.3, 0.4) is 0 Å². The lowest BCUT2D eigenvalue weighted by Gasteiger charge is -2.38. The summed E-state index contributed by atoms with van der Waals surface area (Å²) in [6.07, 6.45) is 1.44. The third kappa shape index (κ3) is 12.3. The van der Waals surface area contributed by atoms with Crippen LogP contribution in [-0.2, 0) is 30.3 Å². The third-order valence-corrected chi connectivity index (χ3v) is 6.79. The molecule has 0 radical (unpaired) electrons. The second-order valence-electron chi connectivity index (χ2n) is 14.2. The van der Waals surface area contributed by atoms with Crippen molar-refractivity contribution in [1.82, 2.24) is 15.5 Å². The Morgan fingerprint density at radius 3 is 1.96 bits per heavy atom. The molecule has 2 aromatic carbocycles. The van der Waals surface area contributed by atoms with E-state index >= 15 is 0 Å². The summed E-state index contributed by atoms with van der Waals surface area (Å²) in [5.41, 5.74) is 0.562. The number of carbonyl (C=O) groups is 4. The number of amides is 3. The second-order valence-corrected chi connectivity index (χ2v) is 14.2. The Bertz CT molecular complexity index is 1340. The lowest BCUT2D eigenvalue weighted by atomic mass is 9.96. The first-order valence-electron chi connectivity index (χ1n) is 15.9. The van der Waals surface area contributed by atoms with Gasteiger partial charge in [0.25, 0.3) is 0 Å². The first-order valence-corrected chi connectivity index (χ1v) is 15.9. The highest BCUT2D eigenvalue weighted by Crippen LogP contribution is 2.28. The highest BCUT2D eigenvalue weighted by Gasteiger charge is 2.39. The van der Waals surface area contributed by atoms with Crippen LogP contribution in [0.2, 0.25) is 0 Å². The largest absolute Gasteiger partial charge is 0.458 e. The number of rotatable bonds is 13. The number of hydrogen-bond acceptors (Lipinski definition) is 6. The lowest BCUT2D eigenvalue weighted by Crippen LogP contribution is -2.57. The molecular weight excluding hydrogens is 582 g/mol. The molecule has 0 bridgehead atoms. The number of nitrogens with zero attached hydrogens (tertiary/aromatic N) is 1. The number of hydrogen-bond donors (Lipinski definition) is 2. The van der Waals surface area contributed by atoms with Gasteiger partial charge < -0.3 is 25.0 Å². The first-order chi connectivity index (χ1) is 21.3. The summed E-state index contributed by atoms with van der Waals surface area (Å²) in [6, 6.07) is 12.9. The fourth-order valence-electron chi connectivity index (χ4n) is 4.96. The maximum Gasteiger partial charge on any atom is 0.408 e. The minimum absolute atomic E-state index is 0.0386. The Labute approximate surface area is 275 Å². The van der Waals surface area contributed by atoms with E-state index in [1.807, 2.05) is 64.1 Å². The van der Waals surface area contributed by atoms with Crippen LogP contribution in [-0.4, -0.2) is 58.1 Å². The lowest BCUT2D eigenvalue weighted by molar-refractivity contribution is -0.159. The zero-order valence-electron chi connectivity index (χ0n) is 29.2. The van der Waals surface area contributed by atoms with Crippen LogP contribution < -0.4 is 10.6 Å². The normalized spacial score (nSPS) is 13.7. The quantitative estimate of drug-likeness (QED) is 0.239. The minimum Gasteiger partial charge on any atom is -0.458 e. The number of carbonyl (C=O) groups excluding carboxylic acids is 4. The van der Waals surface area contributed by atoms with Crippen LogP contribution in [0.1, 0.15) is 98.4 Å². The Balaban J connectivity index is 2.63. The molecule has 0 heterocycles. The summed E-state index contributed by atoms with van der Waals surface area (Å²) in [4.78, 5) is 56.7. The molecule has 0 aliphatic carbocycles. The molecule has 2 rings (SSSR count). The average Bonchev–Trinajstić information content (AvgIpc) is 2.93. The highest BCUT2D eigenvalue weighted by atomic mass is 16.6. The fraction of sp³-hybridized carbons (Fsp3) is 0.514. The van der Waals surface area contributed by atoms with Crippen LogP contribution >= 0.6 is 0 Å². The maximum atomic E-state index is 14.5. The summed E-state index contributed by atoms with van der Waals surface area (Å²) in [5.74, 6) is -1.56. The van der Waals surface area contributed by atoms with E-state index < -0.39 is 59.2 Å². The smallest absolute Gasteiger partial charge is 0.408 e. The monoisotopic (exact) mass is 635 g/mol. The van der Waals surface area contributed by atoms with Gasteiger partial charge >= 0.3 is 12.1 Å². The number of ether oxygens (including phenoxy) is 2. The molecule has 0 aliphatic rings. The van der Waals surface area contributed by atoms with E-state index in [1.54, 1.807) is 65.8 Å². The molecule has 3 amide bonds. The number of nitrogens with one attached hydrogen (secondary N) is 2. The molecule has 9 heteroatoms. The summed E-state index contributed by atoms with van der Waals surface area (Å²) >= 11 is 0. The molecule has 3 unspecified atom stereocenters. The van der Waals surface area contributed by atoms with E-state index in [9.17, 15) is 19.2 Å². The van der Waals surface area contributed by atoms with Crippen molar-refractivity contribution < 1.29 is 28.7 Å². The molecule has 2 N–H and O–H groups in total. The van der Waals surface area contributed by atoms with Gasteiger partial charge in [-0.25, -0.2) is 9.59 Å². The van der Waals surface area contributed by atoms with Crippen molar-refractivity contribution >= 4 is 30.0 Å². The van der Waals surface area contributed by atoms with E-state index in [4.69, 9.17) is 9.47 Å². The van der Waals surface area contributed by atoms with Gasteiger partial charge in [0.15, 0.2) is 0 Å². The van der Waals surface area contributed by atoms with Crippen molar-refractivity contribution in [3.8, 4) is 0 Å². The number of benzene rings is 2. The van der Waals surface area contributed by atoms with Gasteiger partial charge in [-0.2, -0.15) is 0 Å². The van der Waals surface area contributed by atoms with Gasteiger partial charge in [0, 0.05) is 12.5 Å². The predicted molar refractivity (Wildman–Crippen MR) is 182 cm³/mol. The van der Waals surface area contributed by atoms with Crippen LogP contribution in [0.5, 0.6) is 0 Å². The Kier molecular flexibility index (Phi) is 13.6. The number of alkyl carbamates (subject to hydrolysis) is 1. The standard InChI is InChI=1S/C37H53N3O6/c1-12-26-19-16-20-28(22-26)31(32(41)38-30(34(43)45-36(6,7)8)23-27-17-14-13-15-18-27)40(25(4)5)33(42)29(21-24(2)3)39-35(44)46-37(9,10)11/h12-20,22,24-25,29-31H,1,21,23H2,2-11H3,(H,38,41)(H,39,44). The topological polar surface area (TPSA) is 114 Å². The molecule has 252 valence electrons. The van der Waals surface area contributed by atoms with Crippen LogP contribution in [0.25, 0.3) is 6.08 Å². The molecule has 0 aromatic heterocycles. The molecule has 0 fully saturated rings. The molecule has 9 nitrogen and oxygen atoms in total. The van der Waals surface area contributed by atoms with Gasteiger partial charge in [-0.1, -0.05) is 75.0 Å². The van der Waals surface area contributed by atoms with Gasteiger partial charge in [0.2, 0.25) is 11.8 Å². The van der Waals surface area contributed by atoms with Crippen molar-refractivity contribution in [1.29, 1.82) is 0 Å². The van der Waals surface area contributed by atoms with E-state index in [0.29, 0.717) is 12.0 Å². The molecular formula is C37H53N3O6. The summed E-state index contributed by atoms with van der Waals surface area (Å²) < 4.78 is 11.2. The van der Waals surface area contributed by atoms with Crippen LogP contribution in [0, 0.1) is 5.92 Å². The van der Waals surface area contributed by atoms with Gasteiger partial charge in [-0.15, -0.1) is 0 Å². The van der Waals surface area contributed by atoms with Crippen molar-refractivity contribution in [3.63, 3.8) is 0 Å². The molecule has 0 spiro atoms. The summed E-state index contributed by atoms with van der Waals surface area (Å²) in [5, 5.41) is 5.67. The predicted octanol–water partition coefficient (Wildman–Crippen LogP) is 6.62. The first kappa shape index (κ1) is 38.0. The van der Waals surface area contributed by atoms with E-state index in [2.05, 4.69) is 17.2 Å². The van der Waals surface area contributed by atoms with Crippen LogP contribution in [0.4, 0.5) is 4.79 Å². The molecule has 0 aliphatic heterocycles. The van der Waals surface area contributed by atoms with Gasteiger partial charge in [0.1, 0.15) is 29.3 Å². The van der Waals surface area contributed by atoms with E-state index in [-0.39, 0.29) is 12.3 Å². The fourth-order valence-corrected chi connectivity index (χ4v) is 4.96. The van der Waals surface area contributed by atoms with E-state index in [0.717, 1.165) is 11.1 Å². The Morgan fingerprint density at radius 2 is 1.43 bits per heavy atom. The third-order valence-electron chi connectivity index (χ3n) is 6.79. The molecule has 3 atom stereocenters. The van der Waals surface area contributed by atoms with Crippen molar-refractivity contribution in [2.75, 3.05) is 0 Å². The Morgan fingerprint density at radius 1 is 0.826 bits per heavy atom. The van der Waals surface area contributed by atoms with Crippen molar-refractivity contribution in [2.24, 2.45) is 5.92 Å². The summed E-state index contributed by atoms with van der Waals surface area (Å²) in [7, 11) is 0. The number of esters is 1. The van der Waals surface area contributed by atoms with Crippen molar-refractivity contribution in [3.05, 3.63) is 77.9 Å². The van der Waals surface area contributed by atoms with Gasteiger partial charge in [-0.3, -0.25) is 9.59 Å². The molecule has 0 saturated heterocycles. The highest BCUT2D eigenvalue weighted by molar-refractivity contribution is 5.94. The maximum absolute atomic E-state index is 14.5. The molecule has 46 heavy (non-hydrogen) atoms. The summed E-state index contributed by atoms with van der Waals surface area (Å²) in [6.45, 7) is 21.9. The Hall–Kier alpha value is -4.14. The second kappa shape index (κ2) is 16.4. The zero-order chi connectivity index (χ0) is 34.8. The van der Waals surface area contributed by atoms with E-state index in [1.165, 1.54) is 4.90 Å². The minimum atomic E-state index is -1.15. The zero-order valence-corrected chi connectivity index (χ0v) is 29.2. The SMILES string of the molecule is C=Cc1cccc(C(C(=O)NC(Cc2ccccc2)C(=O)OC(C)(C)C)N(C(=O)C(CC(C)C)NC(=O)OC(C)(C)C)C(C)C)c1. The molecule has 0 saturated carbocycles.